The molecular weight excluding hydrogens is 347 g/mol. The van der Waals surface area contributed by atoms with Crippen LogP contribution in [0.3, 0.4) is 0 Å². The average molecular weight is 364 g/mol. The number of hydrogen-bond donors (Lipinski definition) is 0. The summed E-state index contributed by atoms with van der Waals surface area (Å²) in [6.07, 6.45) is 2.88. The van der Waals surface area contributed by atoms with Gasteiger partial charge in [-0.2, -0.15) is 0 Å². The molecule has 7 heteroatoms. The summed E-state index contributed by atoms with van der Waals surface area (Å²) in [6, 6.07) is 9.63. The maximum atomic E-state index is 13.5. The van der Waals surface area contributed by atoms with Crippen LogP contribution in [0.1, 0.15) is 22.8 Å². The van der Waals surface area contributed by atoms with E-state index in [1.807, 2.05) is 43.5 Å². The van der Waals surface area contributed by atoms with Gasteiger partial charge in [-0.15, -0.1) is 0 Å². The summed E-state index contributed by atoms with van der Waals surface area (Å²) in [4.78, 5) is 23.0. The van der Waals surface area contributed by atoms with Gasteiger partial charge in [-0.05, 0) is 41.8 Å². The van der Waals surface area contributed by atoms with Crippen LogP contribution in [0.25, 0.3) is 27.9 Å². The molecule has 0 radical (unpaired) electrons. The maximum Gasteiger partial charge on any atom is 0.272 e. The van der Waals surface area contributed by atoms with Crippen LogP contribution < -0.4 is 0 Å². The number of hydrogen-bond acceptors (Lipinski definition) is 4. The SMILES string of the molecule is Cc1nc2cc(-c3ccc4ncc(C(=O)N5CC[C@@H](F)C5)n4c3)ccc2o1. The summed E-state index contributed by atoms with van der Waals surface area (Å²) in [5, 5.41) is 0. The van der Waals surface area contributed by atoms with E-state index in [0.717, 1.165) is 22.2 Å². The molecule has 0 unspecified atom stereocenters. The van der Waals surface area contributed by atoms with E-state index in [1.54, 1.807) is 15.5 Å². The zero-order valence-electron chi connectivity index (χ0n) is 14.7. The Balaban J connectivity index is 1.56. The van der Waals surface area contributed by atoms with Crippen molar-refractivity contribution in [1.82, 2.24) is 19.3 Å². The molecule has 0 spiro atoms. The van der Waals surface area contributed by atoms with Crippen LogP contribution in [-0.2, 0) is 0 Å². The quantitative estimate of drug-likeness (QED) is 0.545. The fraction of sp³-hybridized carbons (Fsp3) is 0.250. The Bertz CT molecular complexity index is 1180. The summed E-state index contributed by atoms with van der Waals surface area (Å²) in [6.45, 7) is 2.40. The summed E-state index contributed by atoms with van der Waals surface area (Å²) in [5.74, 6) is 0.430. The largest absolute Gasteiger partial charge is 0.441 e. The number of oxazole rings is 1. The number of pyridine rings is 1. The molecule has 1 amide bonds. The highest BCUT2D eigenvalue weighted by Crippen LogP contribution is 2.26. The van der Waals surface area contributed by atoms with E-state index in [0.29, 0.717) is 30.2 Å². The second-order valence-corrected chi connectivity index (χ2v) is 6.84. The molecule has 0 saturated carbocycles. The Morgan fingerprint density at radius 2 is 2.11 bits per heavy atom. The van der Waals surface area contributed by atoms with E-state index in [4.69, 9.17) is 4.42 Å². The molecule has 6 nitrogen and oxygen atoms in total. The highest BCUT2D eigenvalue weighted by Gasteiger charge is 2.28. The van der Waals surface area contributed by atoms with Crippen LogP contribution >= 0.6 is 0 Å². The number of carbonyl (C=O) groups is 1. The molecule has 0 N–H and O–H groups in total. The molecule has 4 heterocycles. The molecule has 5 rings (SSSR count). The Morgan fingerprint density at radius 3 is 2.93 bits per heavy atom. The summed E-state index contributed by atoms with van der Waals surface area (Å²) < 4.78 is 20.8. The molecule has 3 aromatic heterocycles. The lowest BCUT2D eigenvalue weighted by Gasteiger charge is -2.14. The number of nitrogens with zero attached hydrogens (tertiary/aromatic N) is 4. The third-order valence-corrected chi connectivity index (χ3v) is 4.97. The Hall–Kier alpha value is -3.22. The first kappa shape index (κ1) is 16.0. The number of benzene rings is 1. The standard InChI is InChI=1S/C20H17FN4O2/c1-12-23-16-8-13(2-4-18(16)27-12)14-3-5-19-22-9-17(25(19)10-14)20(26)24-7-6-15(21)11-24/h2-5,8-10,15H,6-7,11H2,1H3/t15-/m1/s1. The number of likely N-dealkylation sites (tertiary alicyclic amines) is 1. The number of imidazole rings is 1. The first-order chi connectivity index (χ1) is 13.1. The number of carbonyl (C=O) groups excluding carboxylic acids is 1. The van der Waals surface area contributed by atoms with Gasteiger partial charge in [0.05, 0.1) is 12.7 Å². The van der Waals surface area contributed by atoms with Gasteiger partial charge in [-0.25, -0.2) is 14.4 Å². The molecule has 27 heavy (non-hydrogen) atoms. The average Bonchev–Trinajstić information content (AvgIpc) is 3.36. The third kappa shape index (κ3) is 2.66. The number of aryl methyl sites for hydroxylation is 1. The van der Waals surface area contributed by atoms with Crippen molar-refractivity contribution in [2.75, 3.05) is 13.1 Å². The molecule has 136 valence electrons. The van der Waals surface area contributed by atoms with Crippen LogP contribution in [-0.4, -0.2) is 44.4 Å². The molecule has 1 aromatic carbocycles. The van der Waals surface area contributed by atoms with Gasteiger partial charge >= 0.3 is 0 Å². The fourth-order valence-corrected chi connectivity index (χ4v) is 3.60. The normalized spacial score (nSPS) is 17.3. The Labute approximate surface area is 154 Å². The molecule has 4 aromatic rings. The second-order valence-electron chi connectivity index (χ2n) is 6.84. The zero-order chi connectivity index (χ0) is 18.5. The van der Waals surface area contributed by atoms with Gasteiger partial charge in [-0.3, -0.25) is 9.20 Å². The van der Waals surface area contributed by atoms with Crippen molar-refractivity contribution in [2.24, 2.45) is 0 Å². The highest BCUT2D eigenvalue weighted by atomic mass is 19.1. The van der Waals surface area contributed by atoms with Gasteiger partial charge in [0.15, 0.2) is 11.5 Å². The Morgan fingerprint density at radius 1 is 1.26 bits per heavy atom. The van der Waals surface area contributed by atoms with Crippen LogP contribution in [0.4, 0.5) is 4.39 Å². The van der Waals surface area contributed by atoms with Gasteiger partial charge in [0.25, 0.3) is 5.91 Å². The maximum absolute atomic E-state index is 13.5. The molecular formula is C20H17FN4O2. The van der Waals surface area contributed by atoms with Gasteiger partial charge < -0.3 is 9.32 Å². The number of fused-ring (bicyclic) bond motifs is 2. The first-order valence-electron chi connectivity index (χ1n) is 8.86. The van der Waals surface area contributed by atoms with Gasteiger partial charge in [0.1, 0.15) is 23.0 Å². The molecule has 1 aliphatic heterocycles. The lowest BCUT2D eigenvalue weighted by molar-refractivity contribution is 0.0776. The summed E-state index contributed by atoms with van der Waals surface area (Å²) in [5.41, 5.74) is 4.55. The molecule has 1 aliphatic rings. The van der Waals surface area contributed by atoms with Gasteiger partial charge in [0, 0.05) is 19.7 Å². The van der Waals surface area contributed by atoms with Crippen molar-refractivity contribution in [3.05, 3.63) is 54.3 Å². The third-order valence-electron chi connectivity index (χ3n) is 4.97. The minimum atomic E-state index is -0.943. The topological polar surface area (TPSA) is 63.6 Å². The number of aromatic nitrogens is 3. The zero-order valence-corrected chi connectivity index (χ0v) is 14.7. The van der Waals surface area contributed by atoms with Crippen LogP contribution in [0, 0.1) is 6.92 Å². The lowest BCUT2D eigenvalue weighted by Crippen LogP contribution is -2.29. The second kappa shape index (κ2) is 5.90. The number of alkyl halides is 1. The van der Waals surface area contributed by atoms with Crippen molar-refractivity contribution in [3.63, 3.8) is 0 Å². The van der Waals surface area contributed by atoms with E-state index in [9.17, 15) is 9.18 Å². The Kier molecular flexibility index (Phi) is 3.50. The van der Waals surface area contributed by atoms with Crippen molar-refractivity contribution in [2.45, 2.75) is 19.5 Å². The van der Waals surface area contributed by atoms with Crippen molar-refractivity contribution in [1.29, 1.82) is 0 Å². The molecule has 1 fully saturated rings. The first-order valence-corrected chi connectivity index (χ1v) is 8.86. The predicted molar refractivity (Wildman–Crippen MR) is 98.3 cm³/mol. The summed E-state index contributed by atoms with van der Waals surface area (Å²) in [7, 11) is 0. The van der Waals surface area contributed by atoms with Crippen molar-refractivity contribution < 1.29 is 13.6 Å². The molecule has 1 atom stereocenters. The number of halogens is 1. The van der Waals surface area contributed by atoms with Crippen LogP contribution in [0.2, 0.25) is 0 Å². The van der Waals surface area contributed by atoms with E-state index in [2.05, 4.69) is 9.97 Å². The molecule has 0 aliphatic carbocycles. The molecule has 0 bridgehead atoms. The lowest BCUT2D eigenvalue weighted by atomic mass is 10.1. The van der Waals surface area contributed by atoms with Crippen molar-refractivity contribution >= 4 is 22.7 Å². The monoisotopic (exact) mass is 364 g/mol. The highest BCUT2D eigenvalue weighted by molar-refractivity contribution is 5.93. The van der Waals surface area contributed by atoms with Gasteiger partial charge in [0.2, 0.25) is 0 Å². The minimum Gasteiger partial charge on any atom is -0.441 e. The van der Waals surface area contributed by atoms with E-state index in [1.165, 1.54) is 0 Å². The number of amides is 1. The predicted octanol–water partition coefficient (Wildman–Crippen LogP) is 3.63. The minimum absolute atomic E-state index is 0.147. The van der Waals surface area contributed by atoms with E-state index >= 15 is 0 Å². The summed E-state index contributed by atoms with van der Waals surface area (Å²) >= 11 is 0. The number of rotatable bonds is 2. The molecule has 1 saturated heterocycles. The van der Waals surface area contributed by atoms with Gasteiger partial charge in [-0.1, -0.05) is 6.07 Å². The van der Waals surface area contributed by atoms with Crippen LogP contribution in [0.5, 0.6) is 0 Å². The van der Waals surface area contributed by atoms with E-state index < -0.39 is 6.17 Å². The van der Waals surface area contributed by atoms with Crippen molar-refractivity contribution in [3.8, 4) is 11.1 Å². The van der Waals surface area contributed by atoms with E-state index in [-0.39, 0.29) is 12.5 Å². The van der Waals surface area contributed by atoms with Crippen LogP contribution in [0.15, 0.2) is 47.1 Å². The fourth-order valence-electron chi connectivity index (χ4n) is 3.60. The smallest absolute Gasteiger partial charge is 0.272 e.